The lowest BCUT2D eigenvalue weighted by Crippen LogP contribution is -2.12. The molecule has 0 aliphatic heterocycles. The van der Waals surface area contributed by atoms with Crippen molar-refractivity contribution in [2.45, 2.75) is 20.3 Å². The fraction of sp³-hybridized carbons (Fsp3) is 0.158. The van der Waals surface area contributed by atoms with Crippen molar-refractivity contribution in [3.8, 4) is 10.6 Å². The number of aromatic nitrogens is 1. The van der Waals surface area contributed by atoms with Gasteiger partial charge in [0.2, 0.25) is 0 Å². The Morgan fingerprint density at radius 3 is 2.48 bits per heavy atom. The first-order valence-corrected chi connectivity index (χ1v) is 8.64. The summed E-state index contributed by atoms with van der Waals surface area (Å²) >= 11 is 0.979. The van der Waals surface area contributed by atoms with Crippen molar-refractivity contribution in [2.75, 3.05) is 5.32 Å². The summed E-state index contributed by atoms with van der Waals surface area (Å²) in [7, 11) is 0. The number of halogens is 2. The molecule has 1 amide bonds. The molecule has 3 nitrogen and oxygen atoms in total. The van der Waals surface area contributed by atoms with E-state index in [1.54, 1.807) is 6.92 Å². The number of nitrogens with zero attached hydrogens (tertiary/aromatic N) is 1. The quantitative estimate of drug-likeness (QED) is 0.695. The minimum atomic E-state index is -0.697. The van der Waals surface area contributed by atoms with Crippen molar-refractivity contribution < 1.29 is 13.6 Å². The van der Waals surface area contributed by atoms with Gasteiger partial charge in [-0.15, -0.1) is 11.3 Å². The second-order valence-corrected chi connectivity index (χ2v) is 6.49. The molecule has 25 heavy (non-hydrogen) atoms. The van der Waals surface area contributed by atoms with E-state index in [0.717, 1.165) is 29.0 Å². The Labute approximate surface area is 148 Å². The van der Waals surface area contributed by atoms with Crippen LogP contribution in [0.3, 0.4) is 0 Å². The van der Waals surface area contributed by atoms with E-state index in [1.165, 1.54) is 18.2 Å². The molecule has 0 unspecified atom stereocenters. The maximum absolute atomic E-state index is 13.9. The van der Waals surface area contributed by atoms with E-state index in [0.29, 0.717) is 10.6 Å². The highest BCUT2D eigenvalue weighted by Gasteiger charge is 2.21. The van der Waals surface area contributed by atoms with Gasteiger partial charge in [0, 0.05) is 5.69 Å². The predicted molar refractivity (Wildman–Crippen MR) is 96.0 cm³/mol. The van der Waals surface area contributed by atoms with Gasteiger partial charge >= 0.3 is 0 Å². The number of benzene rings is 2. The Balaban J connectivity index is 1.94. The van der Waals surface area contributed by atoms with Gasteiger partial charge in [-0.1, -0.05) is 31.2 Å². The summed E-state index contributed by atoms with van der Waals surface area (Å²) in [6.45, 7) is 3.65. The maximum atomic E-state index is 13.9. The van der Waals surface area contributed by atoms with E-state index in [-0.39, 0.29) is 16.5 Å². The van der Waals surface area contributed by atoms with Gasteiger partial charge in [0.15, 0.2) is 0 Å². The molecule has 1 N–H and O–H groups in total. The highest BCUT2D eigenvalue weighted by atomic mass is 32.1. The lowest BCUT2D eigenvalue weighted by Gasteiger charge is -2.08. The predicted octanol–water partition coefficient (Wildman–Crippen LogP) is 5.21. The SMILES string of the molecule is CCc1ccccc1NC(=O)c1sc(-c2c(F)cccc2F)nc1C. The largest absolute Gasteiger partial charge is 0.321 e. The minimum absolute atomic E-state index is 0.155. The molecule has 0 aliphatic carbocycles. The van der Waals surface area contributed by atoms with Crippen molar-refractivity contribution >= 4 is 22.9 Å². The van der Waals surface area contributed by atoms with E-state index in [4.69, 9.17) is 0 Å². The molecule has 0 radical (unpaired) electrons. The monoisotopic (exact) mass is 358 g/mol. The molecule has 2 aromatic carbocycles. The van der Waals surface area contributed by atoms with Crippen LogP contribution in [-0.2, 0) is 6.42 Å². The Kier molecular flexibility index (Phi) is 4.90. The highest BCUT2D eigenvalue weighted by Crippen LogP contribution is 2.32. The Bertz CT molecular complexity index is 917. The van der Waals surface area contributed by atoms with E-state index in [1.807, 2.05) is 31.2 Å². The number of carbonyl (C=O) groups excluding carboxylic acids is 1. The lowest BCUT2D eigenvalue weighted by molar-refractivity contribution is 0.102. The number of aryl methyl sites for hydroxylation is 2. The number of para-hydroxylation sites is 1. The number of amides is 1. The fourth-order valence-corrected chi connectivity index (χ4v) is 3.56. The van der Waals surface area contributed by atoms with Gasteiger partial charge in [-0.3, -0.25) is 4.79 Å². The third-order valence-electron chi connectivity index (χ3n) is 3.83. The number of rotatable bonds is 4. The van der Waals surface area contributed by atoms with Gasteiger partial charge in [-0.25, -0.2) is 13.8 Å². The van der Waals surface area contributed by atoms with Crippen molar-refractivity contribution in [3.05, 3.63) is 70.2 Å². The van der Waals surface area contributed by atoms with Crippen molar-refractivity contribution in [1.82, 2.24) is 4.98 Å². The van der Waals surface area contributed by atoms with Gasteiger partial charge in [-0.2, -0.15) is 0 Å². The molecular weight excluding hydrogens is 342 g/mol. The first-order chi connectivity index (χ1) is 12.0. The number of thiazole rings is 1. The molecule has 0 atom stereocenters. The van der Waals surface area contributed by atoms with Crippen LogP contribution in [0.2, 0.25) is 0 Å². The highest BCUT2D eigenvalue weighted by molar-refractivity contribution is 7.17. The summed E-state index contributed by atoms with van der Waals surface area (Å²) < 4.78 is 27.9. The number of hydrogen-bond acceptors (Lipinski definition) is 3. The van der Waals surface area contributed by atoms with Crippen LogP contribution in [-0.4, -0.2) is 10.9 Å². The molecule has 0 spiro atoms. The van der Waals surface area contributed by atoms with Crippen LogP contribution in [0, 0.1) is 18.6 Å². The third kappa shape index (κ3) is 3.44. The van der Waals surface area contributed by atoms with Crippen LogP contribution >= 0.6 is 11.3 Å². The molecule has 0 saturated heterocycles. The molecule has 3 rings (SSSR count). The van der Waals surface area contributed by atoms with Crippen LogP contribution in [0.25, 0.3) is 10.6 Å². The molecule has 0 aliphatic rings. The molecule has 128 valence electrons. The second kappa shape index (κ2) is 7.11. The molecule has 1 aromatic heterocycles. The number of anilines is 1. The van der Waals surface area contributed by atoms with Crippen LogP contribution in [0.4, 0.5) is 14.5 Å². The third-order valence-corrected chi connectivity index (χ3v) is 5.00. The summed E-state index contributed by atoms with van der Waals surface area (Å²) in [5, 5.41) is 3.01. The van der Waals surface area contributed by atoms with E-state index in [9.17, 15) is 13.6 Å². The smallest absolute Gasteiger partial charge is 0.267 e. The first kappa shape index (κ1) is 17.2. The zero-order valence-corrected chi connectivity index (χ0v) is 14.6. The Morgan fingerprint density at radius 2 is 1.80 bits per heavy atom. The van der Waals surface area contributed by atoms with Gasteiger partial charge in [0.25, 0.3) is 5.91 Å². The van der Waals surface area contributed by atoms with Crippen LogP contribution in [0.15, 0.2) is 42.5 Å². The van der Waals surface area contributed by atoms with Crippen molar-refractivity contribution in [1.29, 1.82) is 0 Å². The maximum Gasteiger partial charge on any atom is 0.267 e. The van der Waals surface area contributed by atoms with Gasteiger partial charge in [0.1, 0.15) is 21.5 Å². The first-order valence-electron chi connectivity index (χ1n) is 7.82. The standard InChI is InChI=1S/C19H16F2N2OS/c1-3-12-7-4-5-10-15(12)23-18(24)17-11(2)22-19(25-17)16-13(20)8-6-9-14(16)21/h4-10H,3H2,1-2H3,(H,23,24). The molecular formula is C19H16F2N2OS. The summed E-state index contributed by atoms with van der Waals surface area (Å²) in [6.07, 6.45) is 0.782. The summed E-state index contributed by atoms with van der Waals surface area (Å²) in [5.74, 6) is -1.73. The summed E-state index contributed by atoms with van der Waals surface area (Å²) in [6, 6.07) is 11.2. The van der Waals surface area contributed by atoms with Crippen LogP contribution in [0.5, 0.6) is 0 Å². The van der Waals surface area contributed by atoms with Gasteiger partial charge < -0.3 is 5.32 Å². The average Bonchev–Trinajstić information content (AvgIpc) is 2.96. The molecule has 3 aromatic rings. The summed E-state index contributed by atoms with van der Waals surface area (Å²) in [5.41, 5.74) is 1.97. The number of carbonyl (C=O) groups is 1. The average molecular weight is 358 g/mol. The topological polar surface area (TPSA) is 42.0 Å². The van der Waals surface area contributed by atoms with Crippen LogP contribution < -0.4 is 5.32 Å². The Morgan fingerprint density at radius 1 is 1.12 bits per heavy atom. The molecule has 1 heterocycles. The lowest BCUT2D eigenvalue weighted by atomic mass is 10.1. The zero-order chi connectivity index (χ0) is 18.0. The fourth-order valence-electron chi connectivity index (χ4n) is 2.55. The van der Waals surface area contributed by atoms with Crippen molar-refractivity contribution in [2.24, 2.45) is 0 Å². The summed E-state index contributed by atoms with van der Waals surface area (Å²) in [4.78, 5) is 17.1. The molecule has 0 fully saturated rings. The van der Waals surface area contributed by atoms with Crippen LogP contribution in [0.1, 0.15) is 27.9 Å². The van der Waals surface area contributed by atoms with Gasteiger partial charge in [-0.05, 0) is 37.1 Å². The van der Waals surface area contributed by atoms with E-state index >= 15 is 0 Å². The number of hydrogen-bond donors (Lipinski definition) is 1. The van der Waals surface area contributed by atoms with Crippen molar-refractivity contribution in [3.63, 3.8) is 0 Å². The molecule has 0 saturated carbocycles. The minimum Gasteiger partial charge on any atom is -0.321 e. The molecule has 0 bridgehead atoms. The zero-order valence-electron chi connectivity index (χ0n) is 13.8. The van der Waals surface area contributed by atoms with E-state index in [2.05, 4.69) is 10.3 Å². The van der Waals surface area contributed by atoms with E-state index < -0.39 is 11.6 Å². The van der Waals surface area contributed by atoms with Gasteiger partial charge in [0.05, 0.1) is 11.3 Å². The molecule has 6 heteroatoms. The number of nitrogens with one attached hydrogen (secondary N) is 1. The normalized spacial score (nSPS) is 10.7. The Hall–Kier alpha value is -2.60. The second-order valence-electron chi connectivity index (χ2n) is 5.50.